The minimum absolute atomic E-state index is 0.0202. The van der Waals surface area contributed by atoms with Gasteiger partial charge in [-0.1, -0.05) is 60.5 Å². The molecule has 0 spiro atoms. The second-order valence-corrected chi connectivity index (χ2v) is 11.2. The fourth-order valence-corrected chi connectivity index (χ4v) is 5.32. The summed E-state index contributed by atoms with van der Waals surface area (Å²) in [5.41, 5.74) is 1.27. The van der Waals surface area contributed by atoms with Crippen molar-refractivity contribution in [3.63, 3.8) is 0 Å². The highest BCUT2D eigenvalue weighted by molar-refractivity contribution is 7.92. The van der Waals surface area contributed by atoms with Crippen molar-refractivity contribution in [2.45, 2.75) is 44.7 Å². The van der Waals surface area contributed by atoms with Crippen molar-refractivity contribution < 1.29 is 22.4 Å². The van der Waals surface area contributed by atoms with Crippen LogP contribution < -0.4 is 9.62 Å². The van der Waals surface area contributed by atoms with Crippen molar-refractivity contribution >= 4 is 39.1 Å². The molecule has 0 bridgehead atoms. The second-order valence-electron chi connectivity index (χ2n) is 8.89. The number of anilines is 1. The van der Waals surface area contributed by atoms with Crippen molar-refractivity contribution in [2.75, 3.05) is 17.4 Å². The Labute approximate surface area is 228 Å². The molecule has 3 aromatic rings. The highest BCUT2D eigenvalue weighted by Gasteiger charge is 2.33. The molecule has 202 valence electrons. The quantitative estimate of drug-likeness (QED) is 0.361. The Morgan fingerprint density at radius 2 is 1.63 bits per heavy atom. The zero-order valence-electron chi connectivity index (χ0n) is 21.5. The number of para-hydroxylation sites is 1. The van der Waals surface area contributed by atoms with Gasteiger partial charge in [0.2, 0.25) is 11.8 Å². The van der Waals surface area contributed by atoms with E-state index in [1.807, 2.05) is 13.8 Å². The van der Waals surface area contributed by atoms with Gasteiger partial charge in [-0.25, -0.2) is 12.8 Å². The molecule has 0 saturated carbocycles. The lowest BCUT2D eigenvalue weighted by Crippen LogP contribution is -2.51. The lowest BCUT2D eigenvalue weighted by molar-refractivity contribution is -0.139. The molecule has 38 heavy (non-hydrogen) atoms. The minimum atomic E-state index is -4.33. The maximum absolute atomic E-state index is 14.9. The van der Waals surface area contributed by atoms with Crippen molar-refractivity contribution in [1.82, 2.24) is 10.2 Å². The highest BCUT2D eigenvalue weighted by Crippen LogP contribution is 2.27. The standard InChI is InChI=1S/C28H31ClFN3O4S/c1-4-17-31-28(35)21(3)32(18-22-11-13-23(29)14-12-22)27(34)19-33(26-8-6-5-7-25(26)30)38(36,37)24-15-9-20(2)10-16-24/h5-16,21H,4,17-19H2,1-3H3,(H,31,35)/t21-/m1/s1. The van der Waals surface area contributed by atoms with E-state index in [9.17, 15) is 22.4 Å². The number of benzene rings is 3. The number of halogens is 2. The highest BCUT2D eigenvalue weighted by atomic mass is 35.5. The molecule has 0 fully saturated rings. The van der Waals surface area contributed by atoms with E-state index in [4.69, 9.17) is 11.6 Å². The van der Waals surface area contributed by atoms with E-state index in [2.05, 4.69) is 5.32 Å². The first-order valence-corrected chi connectivity index (χ1v) is 14.0. The number of nitrogens with one attached hydrogen (secondary N) is 1. The summed E-state index contributed by atoms with van der Waals surface area (Å²) in [7, 11) is -4.33. The molecule has 1 N–H and O–H groups in total. The van der Waals surface area contributed by atoms with Gasteiger partial charge >= 0.3 is 0 Å². The van der Waals surface area contributed by atoms with Crippen LogP contribution in [0.3, 0.4) is 0 Å². The van der Waals surface area contributed by atoms with Gasteiger partial charge in [0, 0.05) is 18.1 Å². The fourth-order valence-electron chi connectivity index (χ4n) is 3.77. The third-order valence-corrected chi connectivity index (χ3v) is 8.02. The monoisotopic (exact) mass is 559 g/mol. The van der Waals surface area contributed by atoms with E-state index < -0.39 is 34.3 Å². The van der Waals surface area contributed by atoms with Gasteiger partial charge < -0.3 is 10.2 Å². The lowest BCUT2D eigenvalue weighted by atomic mass is 10.1. The molecule has 2 amide bonds. The predicted molar refractivity (Wildman–Crippen MR) is 147 cm³/mol. The molecular weight excluding hydrogens is 529 g/mol. The molecule has 0 radical (unpaired) electrons. The van der Waals surface area contributed by atoms with Gasteiger partial charge in [-0.3, -0.25) is 13.9 Å². The zero-order valence-corrected chi connectivity index (χ0v) is 23.1. The van der Waals surface area contributed by atoms with Crippen LogP contribution in [-0.2, 0) is 26.2 Å². The zero-order chi connectivity index (χ0) is 27.9. The van der Waals surface area contributed by atoms with Crippen molar-refractivity contribution in [2.24, 2.45) is 0 Å². The number of aryl methyl sites for hydroxylation is 1. The summed E-state index contributed by atoms with van der Waals surface area (Å²) < 4.78 is 43.0. The molecular formula is C28H31ClFN3O4S. The third kappa shape index (κ3) is 7.11. The first-order chi connectivity index (χ1) is 18.0. The average molecular weight is 560 g/mol. The Morgan fingerprint density at radius 1 is 1.00 bits per heavy atom. The van der Waals surface area contributed by atoms with Crippen LogP contribution in [0.4, 0.5) is 10.1 Å². The summed E-state index contributed by atoms with van der Waals surface area (Å²) in [6.45, 7) is 5.02. The Balaban J connectivity index is 2.02. The lowest BCUT2D eigenvalue weighted by Gasteiger charge is -2.32. The molecule has 3 aromatic carbocycles. The smallest absolute Gasteiger partial charge is 0.264 e. The number of carbonyl (C=O) groups excluding carboxylic acids is 2. The molecule has 0 aliphatic rings. The number of carbonyl (C=O) groups is 2. The van der Waals surface area contributed by atoms with Gasteiger partial charge in [0.05, 0.1) is 10.6 Å². The van der Waals surface area contributed by atoms with Crippen LogP contribution in [0, 0.1) is 12.7 Å². The largest absolute Gasteiger partial charge is 0.354 e. The Kier molecular flexibility index (Phi) is 9.88. The van der Waals surface area contributed by atoms with E-state index >= 15 is 0 Å². The molecule has 0 aliphatic heterocycles. The number of hydrogen-bond donors (Lipinski definition) is 1. The first-order valence-electron chi connectivity index (χ1n) is 12.2. The number of rotatable bonds is 11. The van der Waals surface area contributed by atoms with Crippen LogP contribution in [0.5, 0.6) is 0 Å². The number of hydrogen-bond acceptors (Lipinski definition) is 4. The number of amides is 2. The van der Waals surface area contributed by atoms with Gasteiger partial charge in [-0.05, 0) is 62.2 Å². The van der Waals surface area contributed by atoms with E-state index in [-0.39, 0.29) is 23.0 Å². The summed E-state index contributed by atoms with van der Waals surface area (Å²) in [4.78, 5) is 27.8. The van der Waals surface area contributed by atoms with Crippen LogP contribution in [0.15, 0.2) is 77.7 Å². The summed E-state index contributed by atoms with van der Waals surface area (Å²) >= 11 is 6.00. The van der Waals surface area contributed by atoms with Crippen molar-refractivity contribution in [3.05, 3.63) is 94.8 Å². The molecule has 3 rings (SSSR count). The molecule has 1 atom stereocenters. The van der Waals surface area contributed by atoms with Crippen LogP contribution >= 0.6 is 11.6 Å². The molecule has 0 unspecified atom stereocenters. The average Bonchev–Trinajstić information content (AvgIpc) is 2.90. The number of sulfonamides is 1. The molecule has 10 heteroatoms. The molecule has 7 nitrogen and oxygen atoms in total. The first kappa shape index (κ1) is 29.1. The molecule has 0 aromatic heterocycles. The summed E-state index contributed by atoms with van der Waals surface area (Å²) in [5.74, 6) is -1.85. The van der Waals surface area contributed by atoms with Gasteiger partial charge in [0.25, 0.3) is 10.0 Å². The van der Waals surface area contributed by atoms with E-state index in [1.54, 1.807) is 43.3 Å². The van der Waals surface area contributed by atoms with Gasteiger partial charge in [0.15, 0.2) is 0 Å². The van der Waals surface area contributed by atoms with Crippen LogP contribution in [0.2, 0.25) is 5.02 Å². The summed E-state index contributed by atoms with van der Waals surface area (Å²) in [5, 5.41) is 3.28. The van der Waals surface area contributed by atoms with Crippen LogP contribution in [0.1, 0.15) is 31.4 Å². The maximum atomic E-state index is 14.9. The molecule has 0 heterocycles. The molecule has 0 saturated heterocycles. The molecule has 0 aliphatic carbocycles. The van der Waals surface area contributed by atoms with Crippen molar-refractivity contribution in [1.29, 1.82) is 0 Å². The van der Waals surface area contributed by atoms with Gasteiger partial charge in [0.1, 0.15) is 18.4 Å². The third-order valence-electron chi connectivity index (χ3n) is 5.99. The minimum Gasteiger partial charge on any atom is -0.354 e. The van der Waals surface area contributed by atoms with E-state index in [0.717, 1.165) is 15.9 Å². The van der Waals surface area contributed by atoms with Crippen LogP contribution in [-0.4, -0.2) is 44.3 Å². The Hall–Kier alpha value is -3.43. The topological polar surface area (TPSA) is 86.8 Å². The summed E-state index contributed by atoms with van der Waals surface area (Å²) in [6.07, 6.45) is 0.708. The fraction of sp³-hybridized carbons (Fsp3) is 0.286. The van der Waals surface area contributed by atoms with Crippen molar-refractivity contribution in [3.8, 4) is 0 Å². The Bertz CT molecular complexity index is 1370. The van der Waals surface area contributed by atoms with E-state index in [0.29, 0.717) is 23.6 Å². The second kappa shape index (κ2) is 12.9. The van der Waals surface area contributed by atoms with E-state index in [1.165, 1.54) is 35.2 Å². The summed E-state index contributed by atoms with van der Waals surface area (Å²) in [6, 6.07) is 17.3. The predicted octanol–water partition coefficient (Wildman–Crippen LogP) is 4.93. The normalized spacial score (nSPS) is 12.0. The maximum Gasteiger partial charge on any atom is 0.264 e. The Morgan fingerprint density at radius 3 is 2.24 bits per heavy atom. The van der Waals surface area contributed by atoms with Gasteiger partial charge in [-0.15, -0.1) is 0 Å². The number of nitrogens with zero attached hydrogens (tertiary/aromatic N) is 2. The SMILES string of the molecule is CCCNC(=O)[C@@H](C)N(Cc1ccc(Cl)cc1)C(=O)CN(c1ccccc1F)S(=O)(=O)c1ccc(C)cc1. The van der Waals surface area contributed by atoms with Crippen LogP contribution in [0.25, 0.3) is 0 Å². The van der Waals surface area contributed by atoms with Gasteiger partial charge in [-0.2, -0.15) is 0 Å².